The molecule has 2 aliphatic carbocycles. The number of aliphatic hydroxyl groups is 1. The molecule has 3 atom stereocenters. The zero-order chi connectivity index (χ0) is 9.71. The lowest BCUT2D eigenvalue weighted by atomic mass is 9.84. The largest absolute Gasteiger partial charge is 0.385 e. The van der Waals surface area contributed by atoms with Crippen molar-refractivity contribution in [1.29, 1.82) is 0 Å². The Morgan fingerprint density at radius 1 is 1.21 bits per heavy atom. The number of carbonyl (C=O) groups excluding carboxylic acids is 1. The molecule has 0 amide bonds. The van der Waals surface area contributed by atoms with E-state index >= 15 is 0 Å². The van der Waals surface area contributed by atoms with Gasteiger partial charge in [0.15, 0.2) is 5.78 Å². The molecule has 14 heavy (non-hydrogen) atoms. The second-order valence-electron chi connectivity index (χ2n) is 4.28. The highest BCUT2D eigenvalue weighted by Crippen LogP contribution is 2.48. The summed E-state index contributed by atoms with van der Waals surface area (Å²) in [5.41, 5.74) is 2.47. The van der Waals surface area contributed by atoms with E-state index in [1.165, 1.54) is 11.1 Å². The smallest absolute Gasteiger partial charge is 0.162 e. The third kappa shape index (κ3) is 0.919. The van der Waals surface area contributed by atoms with Gasteiger partial charge in [-0.25, -0.2) is 0 Å². The van der Waals surface area contributed by atoms with Gasteiger partial charge in [-0.3, -0.25) is 4.79 Å². The van der Waals surface area contributed by atoms with Crippen molar-refractivity contribution >= 4 is 5.78 Å². The molecule has 0 radical (unpaired) electrons. The first kappa shape index (κ1) is 8.18. The van der Waals surface area contributed by atoms with Crippen LogP contribution < -0.4 is 0 Å². The summed E-state index contributed by atoms with van der Waals surface area (Å²) in [6, 6.07) is 8.13. The average molecular weight is 188 g/mol. The molecule has 3 rings (SSSR count). The van der Waals surface area contributed by atoms with Crippen molar-refractivity contribution in [2.24, 2.45) is 0 Å². The standard InChI is InChI=1S/C12H12O2/c13-11-6-7-5-10(12(11)14)9-4-2-1-3-8(7)9/h1-4,7,10,12,14H,5-6H2. The first-order valence-corrected chi connectivity index (χ1v) is 5.07. The summed E-state index contributed by atoms with van der Waals surface area (Å²) in [6.45, 7) is 0. The Hall–Kier alpha value is -1.15. The lowest BCUT2D eigenvalue weighted by Gasteiger charge is -2.23. The molecule has 1 N–H and O–H groups in total. The normalized spacial score (nSPS) is 34.4. The molecule has 0 saturated heterocycles. The van der Waals surface area contributed by atoms with Crippen molar-refractivity contribution in [2.75, 3.05) is 0 Å². The van der Waals surface area contributed by atoms with E-state index in [1.807, 2.05) is 18.2 Å². The van der Waals surface area contributed by atoms with E-state index < -0.39 is 6.10 Å². The van der Waals surface area contributed by atoms with E-state index in [9.17, 15) is 9.90 Å². The Kier molecular flexibility index (Phi) is 1.56. The summed E-state index contributed by atoms with van der Waals surface area (Å²) in [5, 5.41) is 9.76. The fourth-order valence-electron chi connectivity index (χ4n) is 2.86. The lowest BCUT2D eigenvalue weighted by Crippen LogP contribution is -2.30. The van der Waals surface area contributed by atoms with Crippen molar-refractivity contribution in [3.8, 4) is 0 Å². The van der Waals surface area contributed by atoms with Gasteiger partial charge < -0.3 is 5.11 Å². The molecule has 1 saturated carbocycles. The van der Waals surface area contributed by atoms with Gasteiger partial charge in [-0.2, -0.15) is 0 Å². The van der Waals surface area contributed by atoms with E-state index in [0.717, 1.165) is 6.42 Å². The SMILES string of the molecule is O=C1CC2CC(c3ccccc32)C1O. The van der Waals surface area contributed by atoms with Crippen LogP contribution in [-0.4, -0.2) is 17.0 Å². The molecule has 0 aromatic heterocycles. The molecule has 2 bridgehead atoms. The van der Waals surface area contributed by atoms with Crippen LogP contribution >= 0.6 is 0 Å². The van der Waals surface area contributed by atoms with E-state index in [1.54, 1.807) is 0 Å². The fraction of sp³-hybridized carbons (Fsp3) is 0.417. The van der Waals surface area contributed by atoms with Gasteiger partial charge in [0, 0.05) is 12.3 Å². The van der Waals surface area contributed by atoms with Crippen LogP contribution in [0, 0.1) is 0 Å². The van der Waals surface area contributed by atoms with Gasteiger partial charge in [0.1, 0.15) is 6.10 Å². The van der Waals surface area contributed by atoms with Crippen LogP contribution in [-0.2, 0) is 4.79 Å². The van der Waals surface area contributed by atoms with Crippen LogP contribution in [0.3, 0.4) is 0 Å². The Bertz CT molecular complexity index is 397. The monoisotopic (exact) mass is 188 g/mol. The molecule has 1 fully saturated rings. The minimum atomic E-state index is -0.755. The molecular weight excluding hydrogens is 176 g/mol. The van der Waals surface area contributed by atoms with Crippen molar-refractivity contribution in [3.05, 3.63) is 35.4 Å². The van der Waals surface area contributed by atoms with E-state index in [4.69, 9.17) is 0 Å². The first-order chi connectivity index (χ1) is 6.77. The highest BCUT2D eigenvalue weighted by Gasteiger charge is 2.43. The van der Waals surface area contributed by atoms with Crippen molar-refractivity contribution in [1.82, 2.24) is 0 Å². The second-order valence-corrected chi connectivity index (χ2v) is 4.28. The summed E-state index contributed by atoms with van der Waals surface area (Å²) in [5.74, 6) is 0.451. The number of benzene rings is 1. The average Bonchev–Trinajstić information content (AvgIpc) is 2.52. The van der Waals surface area contributed by atoms with E-state index in [2.05, 4.69) is 6.07 Å². The predicted molar refractivity (Wildman–Crippen MR) is 52.2 cm³/mol. The van der Waals surface area contributed by atoms with Crippen LogP contribution in [0.25, 0.3) is 0 Å². The number of Topliss-reactive ketones (excluding diaryl/α,β-unsaturated/α-hetero) is 1. The van der Waals surface area contributed by atoms with Crippen molar-refractivity contribution in [3.63, 3.8) is 0 Å². The first-order valence-electron chi connectivity index (χ1n) is 5.07. The number of fused-ring (bicyclic) bond motifs is 5. The van der Waals surface area contributed by atoms with Gasteiger partial charge in [-0.15, -0.1) is 0 Å². The van der Waals surface area contributed by atoms with Gasteiger partial charge in [0.25, 0.3) is 0 Å². The summed E-state index contributed by atoms with van der Waals surface area (Å²) >= 11 is 0. The molecular formula is C12H12O2. The summed E-state index contributed by atoms with van der Waals surface area (Å²) in [7, 11) is 0. The summed E-state index contributed by atoms with van der Waals surface area (Å²) < 4.78 is 0. The Labute approximate surface area is 82.6 Å². The number of ketones is 1. The minimum Gasteiger partial charge on any atom is -0.385 e. The quantitative estimate of drug-likeness (QED) is 0.671. The molecule has 1 aromatic carbocycles. The third-order valence-electron chi connectivity index (χ3n) is 3.53. The van der Waals surface area contributed by atoms with Gasteiger partial charge in [-0.1, -0.05) is 24.3 Å². The number of hydrogen-bond acceptors (Lipinski definition) is 2. The van der Waals surface area contributed by atoms with Gasteiger partial charge in [0.05, 0.1) is 0 Å². The Morgan fingerprint density at radius 2 is 1.93 bits per heavy atom. The highest BCUT2D eigenvalue weighted by atomic mass is 16.3. The number of rotatable bonds is 0. The van der Waals surface area contributed by atoms with Crippen molar-refractivity contribution < 1.29 is 9.90 Å². The van der Waals surface area contributed by atoms with Crippen LogP contribution in [0.4, 0.5) is 0 Å². The summed E-state index contributed by atoms with van der Waals surface area (Å²) in [6.07, 6.45) is 0.718. The maximum Gasteiger partial charge on any atom is 0.162 e. The third-order valence-corrected chi connectivity index (χ3v) is 3.53. The van der Waals surface area contributed by atoms with Crippen LogP contribution in [0.1, 0.15) is 35.8 Å². The number of aliphatic hydroxyl groups excluding tert-OH is 1. The molecule has 72 valence electrons. The second kappa shape index (κ2) is 2.67. The zero-order valence-corrected chi connectivity index (χ0v) is 7.81. The molecule has 1 aromatic rings. The molecule has 0 spiro atoms. The highest BCUT2D eigenvalue weighted by molar-refractivity contribution is 5.87. The Balaban J connectivity index is 2.14. The van der Waals surface area contributed by atoms with Crippen LogP contribution in [0.15, 0.2) is 24.3 Å². The number of hydrogen-bond donors (Lipinski definition) is 1. The van der Waals surface area contributed by atoms with Crippen molar-refractivity contribution in [2.45, 2.75) is 30.8 Å². The lowest BCUT2D eigenvalue weighted by molar-refractivity contribution is -0.130. The molecule has 2 aliphatic rings. The van der Waals surface area contributed by atoms with Gasteiger partial charge in [0.2, 0.25) is 0 Å². The van der Waals surface area contributed by atoms with Gasteiger partial charge >= 0.3 is 0 Å². The number of carbonyl (C=O) groups is 1. The topological polar surface area (TPSA) is 37.3 Å². The van der Waals surface area contributed by atoms with Gasteiger partial charge in [-0.05, 0) is 23.5 Å². The minimum absolute atomic E-state index is 0.0162. The molecule has 0 aliphatic heterocycles. The fourth-order valence-corrected chi connectivity index (χ4v) is 2.86. The van der Waals surface area contributed by atoms with E-state index in [-0.39, 0.29) is 11.7 Å². The van der Waals surface area contributed by atoms with Crippen LogP contribution in [0.2, 0.25) is 0 Å². The molecule has 3 unspecified atom stereocenters. The molecule has 2 nitrogen and oxygen atoms in total. The zero-order valence-electron chi connectivity index (χ0n) is 7.81. The summed E-state index contributed by atoms with van der Waals surface area (Å²) in [4.78, 5) is 11.5. The molecule has 0 heterocycles. The van der Waals surface area contributed by atoms with Crippen LogP contribution in [0.5, 0.6) is 0 Å². The molecule has 2 heteroatoms. The van der Waals surface area contributed by atoms with E-state index in [0.29, 0.717) is 12.3 Å². The maximum absolute atomic E-state index is 11.5. The predicted octanol–water partition coefficient (Wildman–Crippen LogP) is 1.59. The maximum atomic E-state index is 11.5. The Morgan fingerprint density at radius 3 is 2.71 bits per heavy atom.